The maximum absolute atomic E-state index is 12.4. The minimum absolute atomic E-state index is 0.00916. The van der Waals surface area contributed by atoms with Crippen molar-refractivity contribution in [1.82, 2.24) is 4.90 Å². The van der Waals surface area contributed by atoms with Gasteiger partial charge in [-0.1, -0.05) is 60.2 Å². The molecular weight excluding hydrogens is 234 g/mol. The standard InChI is InChI=1S/C17H17NO/c1-12-8-10-13(11-9-12)15-16(18(15)2)17(19)14-6-4-3-5-7-14/h3-11,15-16H,1-2H3. The van der Waals surface area contributed by atoms with Crippen LogP contribution < -0.4 is 0 Å². The number of Topliss-reactive ketones (excluding diaryl/α,β-unsaturated/α-hetero) is 1. The van der Waals surface area contributed by atoms with Crippen LogP contribution in [0.2, 0.25) is 0 Å². The summed E-state index contributed by atoms with van der Waals surface area (Å²) >= 11 is 0. The van der Waals surface area contributed by atoms with E-state index in [-0.39, 0.29) is 17.9 Å². The van der Waals surface area contributed by atoms with Gasteiger partial charge < -0.3 is 0 Å². The maximum Gasteiger partial charge on any atom is 0.181 e. The van der Waals surface area contributed by atoms with Crippen molar-refractivity contribution in [3.8, 4) is 0 Å². The van der Waals surface area contributed by atoms with Crippen LogP contribution in [0.5, 0.6) is 0 Å². The lowest BCUT2D eigenvalue weighted by atomic mass is 10.0. The zero-order valence-electron chi connectivity index (χ0n) is 11.2. The number of likely N-dealkylation sites (N-methyl/N-ethyl adjacent to an activating group) is 1. The van der Waals surface area contributed by atoms with E-state index < -0.39 is 0 Å². The molecule has 2 aromatic rings. The SMILES string of the molecule is Cc1ccc(C2C(C(=O)c3ccccc3)N2C)cc1. The van der Waals surface area contributed by atoms with Crippen LogP contribution >= 0.6 is 0 Å². The summed E-state index contributed by atoms with van der Waals surface area (Å²) in [6.07, 6.45) is 0. The van der Waals surface area contributed by atoms with Crippen molar-refractivity contribution in [1.29, 1.82) is 0 Å². The molecule has 19 heavy (non-hydrogen) atoms. The van der Waals surface area contributed by atoms with Crippen LogP contribution in [0.3, 0.4) is 0 Å². The van der Waals surface area contributed by atoms with E-state index >= 15 is 0 Å². The number of rotatable bonds is 3. The first-order chi connectivity index (χ1) is 9.18. The number of aryl methyl sites for hydroxylation is 1. The highest BCUT2D eigenvalue weighted by Crippen LogP contribution is 2.42. The van der Waals surface area contributed by atoms with Crippen molar-refractivity contribution < 1.29 is 4.79 Å². The summed E-state index contributed by atoms with van der Waals surface area (Å²) < 4.78 is 0. The van der Waals surface area contributed by atoms with Crippen molar-refractivity contribution in [3.05, 3.63) is 71.3 Å². The third kappa shape index (κ3) is 2.20. The molecule has 3 atom stereocenters. The van der Waals surface area contributed by atoms with Crippen molar-refractivity contribution in [2.24, 2.45) is 0 Å². The van der Waals surface area contributed by atoms with E-state index in [2.05, 4.69) is 36.1 Å². The van der Waals surface area contributed by atoms with Crippen LogP contribution in [0.4, 0.5) is 0 Å². The van der Waals surface area contributed by atoms with Crippen LogP contribution in [0.15, 0.2) is 54.6 Å². The summed E-state index contributed by atoms with van der Waals surface area (Å²) in [6.45, 7) is 2.08. The number of benzene rings is 2. The average Bonchev–Trinajstić information content (AvgIpc) is 3.11. The Balaban J connectivity index is 1.81. The number of hydrogen-bond donors (Lipinski definition) is 0. The number of nitrogens with zero attached hydrogens (tertiary/aromatic N) is 1. The van der Waals surface area contributed by atoms with Crippen molar-refractivity contribution in [2.75, 3.05) is 7.05 Å². The summed E-state index contributed by atoms with van der Waals surface area (Å²) in [6, 6.07) is 18.2. The predicted octanol–water partition coefficient (Wildman–Crippen LogP) is 3.23. The largest absolute Gasteiger partial charge is 0.292 e. The number of carbonyl (C=O) groups is 1. The topological polar surface area (TPSA) is 20.1 Å². The van der Waals surface area contributed by atoms with E-state index in [4.69, 9.17) is 0 Å². The second-order valence-electron chi connectivity index (χ2n) is 5.20. The Labute approximate surface area is 113 Å². The summed E-state index contributed by atoms with van der Waals surface area (Å²) in [4.78, 5) is 14.6. The highest BCUT2D eigenvalue weighted by atomic mass is 16.1. The van der Waals surface area contributed by atoms with Crippen molar-refractivity contribution in [3.63, 3.8) is 0 Å². The predicted molar refractivity (Wildman–Crippen MR) is 76.2 cm³/mol. The van der Waals surface area contributed by atoms with Crippen molar-refractivity contribution in [2.45, 2.75) is 19.0 Å². The van der Waals surface area contributed by atoms with Crippen LogP contribution in [-0.2, 0) is 0 Å². The summed E-state index contributed by atoms with van der Waals surface area (Å²) in [5.41, 5.74) is 3.27. The first kappa shape index (κ1) is 12.1. The first-order valence-corrected chi connectivity index (χ1v) is 6.56. The normalized spacial score (nSPS) is 25.1. The molecule has 0 spiro atoms. The zero-order valence-corrected chi connectivity index (χ0v) is 11.2. The third-order valence-electron chi connectivity index (χ3n) is 3.83. The Bertz CT molecular complexity index is 588. The summed E-state index contributed by atoms with van der Waals surface area (Å²) in [5.74, 6) is 0.216. The van der Waals surface area contributed by atoms with E-state index in [1.54, 1.807) is 0 Å². The molecule has 0 bridgehead atoms. The van der Waals surface area contributed by atoms with Gasteiger partial charge in [-0.25, -0.2) is 0 Å². The quantitative estimate of drug-likeness (QED) is 0.616. The highest BCUT2D eigenvalue weighted by molar-refractivity contribution is 6.02. The van der Waals surface area contributed by atoms with Crippen molar-refractivity contribution >= 4 is 5.78 Å². The minimum atomic E-state index is -0.00916. The molecule has 1 aliphatic heterocycles. The number of carbonyl (C=O) groups excluding carboxylic acids is 1. The smallest absolute Gasteiger partial charge is 0.181 e. The lowest BCUT2D eigenvalue weighted by molar-refractivity contribution is 0.0977. The molecule has 3 unspecified atom stereocenters. The molecule has 3 rings (SSSR count). The van der Waals surface area contributed by atoms with E-state index in [0.717, 1.165) is 5.56 Å². The van der Waals surface area contributed by atoms with Gasteiger partial charge in [0.1, 0.15) is 0 Å². The molecule has 2 heteroatoms. The van der Waals surface area contributed by atoms with E-state index in [0.29, 0.717) is 0 Å². The Hall–Kier alpha value is -1.93. The monoisotopic (exact) mass is 251 g/mol. The highest BCUT2D eigenvalue weighted by Gasteiger charge is 2.50. The molecule has 2 aromatic carbocycles. The van der Waals surface area contributed by atoms with Gasteiger partial charge in [-0.2, -0.15) is 0 Å². The second-order valence-corrected chi connectivity index (χ2v) is 5.20. The van der Waals surface area contributed by atoms with Crippen LogP contribution in [0, 0.1) is 6.92 Å². The zero-order chi connectivity index (χ0) is 13.4. The molecule has 0 saturated carbocycles. The van der Waals surface area contributed by atoms with Gasteiger partial charge >= 0.3 is 0 Å². The van der Waals surface area contributed by atoms with E-state index in [1.807, 2.05) is 37.4 Å². The molecule has 0 N–H and O–H groups in total. The van der Waals surface area contributed by atoms with Crippen LogP contribution in [0.25, 0.3) is 0 Å². The van der Waals surface area contributed by atoms with Gasteiger partial charge in [0.15, 0.2) is 5.78 Å². The van der Waals surface area contributed by atoms with Gasteiger partial charge in [0.05, 0.1) is 12.1 Å². The maximum atomic E-state index is 12.4. The molecule has 0 radical (unpaired) electrons. The van der Waals surface area contributed by atoms with E-state index in [9.17, 15) is 4.79 Å². The molecule has 1 heterocycles. The molecule has 0 amide bonds. The molecule has 0 aromatic heterocycles. The van der Waals surface area contributed by atoms with Gasteiger partial charge in [-0.3, -0.25) is 9.69 Å². The van der Waals surface area contributed by atoms with Gasteiger partial charge in [-0.05, 0) is 19.5 Å². The summed E-state index contributed by atoms with van der Waals surface area (Å²) in [5, 5.41) is 0. The Kier molecular flexibility index (Phi) is 2.96. The Morgan fingerprint density at radius 1 is 1.00 bits per heavy atom. The fraction of sp³-hybridized carbons (Fsp3) is 0.235. The Morgan fingerprint density at radius 2 is 1.63 bits per heavy atom. The molecule has 1 fully saturated rings. The molecule has 2 nitrogen and oxygen atoms in total. The Morgan fingerprint density at radius 3 is 2.26 bits per heavy atom. The molecular formula is C17H17NO. The van der Waals surface area contributed by atoms with Gasteiger partial charge in [0.2, 0.25) is 0 Å². The number of hydrogen-bond acceptors (Lipinski definition) is 2. The fourth-order valence-electron chi connectivity index (χ4n) is 2.62. The fourth-order valence-corrected chi connectivity index (χ4v) is 2.62. The van der Waals surface area contributed by atoms with Crippen LogP contribution in [-0.4, -0.2) is 23.8 Å². The molecule has 0 aliphatic carbocycles. The van der Waals surface area contributed by atoms with Crippen LogP contribution in [0.1, 0.15) is 27.5 Å². The minimum Gasteiger partial charge on any atom is -0.292 e. The van der Waals surface area contributed by atoms with Gasteiger partial charge in [0.25, 0.3) is 0 Å². The van der Waals surface area contributed by atoms with E-state index in [1.165, 1.54) is 11.1 Å². The third-order valence-corrected chi connectivity index (χ3v) is 3.83. The lowest BCUT2D eigenvalue weighted by Crippen LogP contribution is -2.11. The number of ketones is 1. The van der Waals surface area contributed by atoms with Gasteiger partial charge in [0, 0.05) is 5.56 Å². The first-order valence-electron chi connectivity index (χ1n) is 6.56. The second kappa shape index (κ2) is 4.63. The van der Waals surface area contributed by atoms with Gasteiger partial charge in [-0.15, -0.1) is 0 Å². The molecule has 96 valence electrons. The summed E-state index contributed by atoms with van der Waals surface area (Å²) in [7, 11) is 2.01. The average molecular weight is 251 g/mol. The molecule has 1 aliphatic rings. The lowest BCUT2D eigenvalue weighted by Gasteiger charge is -1.99. The molecule has 1 saturated heterocycles.